The molecule has 0 saturated heterocycles. The number of halogens is 3. The van der Waals surface area contributed by atoms with Gasteiger partial charge in [-0.15, -0.1) is 23.4 Å². The first kappa shape index (κ1) is 20.6. The van der Waals surface area contributed by atoms with Crippen LogP contribution in [0.25, 0.3) is 17.0 Å². The predicted molar refractivity (Wildman–Crippen MR) is 106 cm³/mol. The van der Waals surface area contributed by atoms with Gasteiger partial charge in [0.05, 0.1) is 5.75 Å². The van der Waals surface area contributed by atoms with E-state index in [4.69, 9.17) is 0 Å². The number of rotatable bonds is 6. The van der Waals surface area contributed by atoms with Gasteiger partial charge in [-0.25, -0.2) is 0 Å². The van der Waals surface area contributed by atoms with Crippen molar-refractivity contribution in [2.45, 2.75) is 11.4 Å². The highest BCUT2D eigenvalue weighted by atomic mass is 32.2. The Balaban J connectivity index is 1.39. The largest absolute Gasteiger partial charge is 0.573 e. The van der Waals surface area contributed by atoms with E-state index < -0.39 is 6.36 Å². The molecule has 8 nitrogen and oxygen atoms in total. The van der Waals surface area contributed by atoms with Crippen molar-refractivity contribution in [1.29, 1.82) is 0 Å². The summed E-state index contributed by atoms with van der Waals surface area (Å²) in [5.41, 5.74) is 1.65. The molecule has 3 aromatic heterocycles. The highest BCUT2D eigenvalue weighted by molar-refractivity contribution is 7.99. The molecule has 0 aliphatic rings. The van der Waals surface area contributed by atoms with Crippen LogP contribution < -0.4 is 10.1 Å². The molecule has 0 saturated carbocycles. The van der Waals surface area contributed by atoms with E-state index in [1.54, 1.807) is 35.1 Å². The monoisotopic (exact) mass is 446 g/mol. The van der Waals surface area contributed by atoms with Gasteiger partial charge in [-0.2, -0.15) is 9.61 Å². The molecule has 4 rings (SSSR count). The van der Waals surface area contributed by atoms with Crippen molar-refractivity contribution >= 4 is 29.0 Å². The topological polar surface area (TPSA) is 94.3 Å². The van der Waals surface area contributed by atoms with Crippen molar-refractivity contribution in [3.8, 4) is 17.1 Å². The van der Waals surface area contributed by atoms with Crippen molar-refractivity contribution in [1.82, 2.24) is 24.8 Å². The van der Waals surface area contributed by atoms with Gasteiger partial charge in [0.2, 0.25) is 5.91 Å². The fourth-order valence-corrected chi connectivity index (χ4v) is 3.26. The number of ether oxygens (including phenoxy) is 1. The lowest BCUT2D eigenvalue weighted by atomic mass is 10.3. The van der Waals surface area contributed by atoms with Crippen LogP contribution in [0.15, 0.2) is 66.0 Å². The molecule has 1 aromatic carbocycles. The average Bonchev–Trinajstić information content (AvgIpc) is 3.16. The van der Waals surface area contributed by atoms with E-state index in [1.165, 1.54) is 23.9 Å². The molecule has 3 heterocycles. The van der Waals surface area contributed by atoms with E-state index in [-0.39, 0.29) is 17.4 Å². The number of fused-ring (bicyclic) bond motifs is 1. The first-order chi connectivity index (χ1) is 14.9. The molecule has 0 atom stereocenters. The third-order valence-corrected chi connectivity index (χ3v) is 4.80. The van der Waals surface area contributed by atoms with Crippen molar-refractivity contribution < 1.29 is 22.7 Å². The number of aromatic nitrogens is 5. The van der Waals surface area contributed by atoms with Crippen molar-refractivity contribution in [2.24, 2.45) is 0 Å². The van der Waals surface area contributed by atoms with E-state index >= 15 is 0 Å². The van der Waals surface area contributed by atoms with Gasteiger partial charge in [0.25, 0.3) is 0 Å². The zero-order chi connectivity index (χ0) is 21.8. The number of hydrogen-bond donors (Lipinski definition) is 1. The fraction of sp³-hybridized carbons (Fsp3) is 0.105. The average molecular weight is 446 g/mol. The summed E-state index contributed by atoms with van der Waals surface area (Å²) in [6, 6.07) is 12.0. The van der Waals surface area contributed by atoms with Crippen LogP contribution in [0.1, 0.15) is 0 Å². The maximum Gasteiger partial charge on any atom is 0.573 e. The Bertz CT molecular complexity index is 1200. The molecule has 0 bridgehead atoms. The van der Waals surface area contributed by atoms with E-state index in [2.05, 4.69) is 30.3 Å². The van der Waals surface area contributed by atoms with E-state index in [1.807, 2.05) is 6.07 Å². The maximum absolute atomic E-state index is 12.2. The van der Waals surface area contributed by atoms with Crippen molar-refractivity contribution in [3.63, 3.8) is 0 Å². The van der Waals surface area contributed by atoms with Gasteiger partial charge in [-0.05, 0) is 48.5 Å². The Morgan fingerprint density at radius 2 is 1.90 bits per heavy atom. The van der Waals surface area contributed by atoms with Crippen LogP contribution in [0.5, 0.6) is 5.75 Å². The van der Waals surface area contributed by atoms with Crippen LogP contribution in [0, 0.1) is 0 Å². The molecule has 0 aliphatic heterocycles. The molecule has 0 radical (unpaired) electrons. The SMILES string of the molecule is O=C(CSc1ccc2nnc(-c3cccnc3)n2n1)Nc1ccc(OC(F)(F)F)cc1. The number of thioether (sulfide) groups is 1. The summed E-state index contributed by atoms with van der Waals surface area (Å²) >= 11 is 1.19. The Kier molecular flexibility index (Phi) is 5.71. The quantitative estimate of drug-likeness (QED) is 0.450. The number of anilines is 1. The molecule has 31 heavy (non-hydrogen) atoms. The minimum Gasteiger partial charge on any atom is -0.406 e. The number of pyridine rings is 1. The lowest BCUT2D eigenvalue weighted by molar-refractivity contribution is -0.274. The highest BCUT2D eigenvalue weighted by Gasteiger charge is 2.30. The first-order valence-electron chi connectivity index (χ1n) is 8.79. The van der Waals surface area contributed by atoms with E-state index in [0.29, 0.717) is 22.2 Å². The summed E-state index contributed by atoms with van der Waals surface area (Å²) in [5.74, 6) is -0.136. The number of nitrogens with one attached hydrogen (secondary N) is 1. The molecule has 1 amide bonds. The highest BCUT2D eigenvalue weighted by Crippen LogP contribution is 2.24. The Labute approximate surface area is 177 Å². The summed E-state index contributed by atoms with van der Waals surface area (Å²) in [7, 11) is 0. The Morgan fingerprint density at radius 1 is 1.10 bits per heavy atom. The molecule has 0 unspecified atom stereocenters. The molecule has 0 fully saturated rings. The number of carbonyl (C=O) groups excluding carboxylic acids is 1. The number of benzene rings is 1. The zero-order valence-electron chi connectivity index (χ0n) is 15.6. The molecular formula is C19H13F3N6O2S. The normalized spacial score (nSPS) is 11.5. The number of nitrogens with zero attached hydrogens (tertiary/aromatic N) is 5. The lowest BCUT2D eigenvalue weighted by Gasteiger charge is -2.10. The summed E-state index contributed by atoms with van der Waals surface area (Å²) in [6.07, 6.45) is -1.47. The van der Waals surface area contributed by atoms with Gasteiger partial charge >= 0.3 is 6.36 Å². The molecule has 0 spiro atoms. The third kappa shape index (κ3) is 5.28. The van der Waals surface area contributed by atoms with Crippen LogP contribution in [0.3, 0.4) is 0 Å². The van der Waals surface area contributed by atoms with Crippen LogP contribution in [0.4, 0.5) is 18.9 Å². The van der Waals surface area contributed by atoms with Gasteiger partial charge in [0.1, 0.15) is 10.8 Å². The van der Waals surface area contributed by atoms with Crippen molar-refractivity contribution in [2.75, 3.05) is 11.1 Å². The van der Waals surface area contributed by atoms with Gasteiger partial charge in [0.15, 0.2) is 11.5 Å². The Hall–Kier alpha value is -3.67. The van der Waals surface area contributed by atoms with Crippen LogP contribution >= 0.6 is 11.8 Å². The maximum atomic E-state index is 12.2. The van der Waals surface area contributed by atoms with Gasteiger partial charge in [0, 0.05) is 23.6 Å². The van der Waals surface area contributed by atoms with Gasteiger partial charge < -0.3 is 10.1 Å². The molecule has 4 aromatic rings. The lowest BCUT2D eigenvalue weighted by Crippen LogP contribution is -2.17. The smallest absolute Gasteiger partial charge is 0.406 e. The summed E-state index contributed by atoms with van der Waals surface area (Å²) in [4.78, 5) is 16.3. The number of carbonyl (C=O) groups is 1. The van der Waals surface area contributed by atoms with Crippen LogP contribution in [-0.4, -0.2) is 42.8 Å². The van der Waals surface area contributed by atoms with Gasteiger partial charge in [-0.3, -0.25) is 9.78 Å². The number of hydrogen-bond acceptors (Lipinski definition) is 7. The number of amides is 1. The summed E-state index contributed by atoms with van der Waals surface area (Å²) in [5, 5.41) is 15.8. The minimum atomic E-state index is -4.77. The van der Waals surface area contributed by atoms with Crippen LogP contribution in [0.2, 0.25) is 0 Å². The molecule has 12 heteroatoms. The van der Waals surface area contributed by atoms with Crippen LogP contribution in [-0.2, 0) is 4.79 Å². The number of alkyl halides is 3. The second-order valence-corrected chi connectivity index (χ2v) is 7.11. The Morgan fingerprint density at radius 3 is 2.61 bits per heavy atom. The molecule has 0 aliphatic carbocycles. The van der Waals surface area contributed by atoms with E-state index in [0.717, 1.165) is 17.7 Å². The van der Waals surface area contributed by atoms with E-state index in [9.17, 15) is 18.0 Å². The zero-order valence-corrected chi connectivity index (χ0v) is 16.4. The molecular weight excluding hydrogens is 433 g/mol. The summed E-state index contributed by atoms with van der Waals surface area (Å²) < 4.78 is 42.0. The molecule has 158 valence electrons. The fourth-order valence-electron chi connectivity index (χ4n) is 2.60. The standard InChI is InChI=1S/C19H13F3N6O2S/c20-19(21,22)30-14-5-3-13(4-6-14)24-16(29)11-31-17-8-7-15-25-26-18(28(15)27-17)12-2-1-9-23-10-12/h1-10H,11H2,(H,24,29). The second-order valence-electron chi connectivity index (χ2n) is 6.12. The molecule has 1 N–H and O–H groups in total. The predicted octanol–water partition coefficient (Wildman–Crippen LogP) is 3.82. The summed E-state index contributed by atoms with van der Waals surface area (Å²) in [6.45, 7) is 0. The van der Waals surface area contributed by atoms with Gasteiger partial charge in [-0.1, -0.05) is 11.8 Å². The third-order valence-electron chi connectivity index (χ3n) is 3.88. The first-order valence-corrected chi connectivity index (χ1v) is 9.77. The van der Waals surface area contributed by atoms with Crippen molar-refractivity contribution in [3.05, 3.63) is 60.9 Å². The minimum absolute atomic E-state index is 0.0453. The second kappa shape index (κ2) is 8.60.